The molecule has 1 unspecified atom stereocenters. The van der Waals surface area contributed by atoms with Gasteiger partial charge in [0.15, 0.2) is 0 Å². The van der Waals surface area contributed by atoms with Crippen LogP contribution in [0, 0.1) is 19.8 Å². The van der Waals surface area contributed by atoms with Gasteiger partial charge in [0.1, 0.15) is 0 Å². The summed E-state index contributed by atoms with van der Waals surface area (Å²) >= 11 is 0. The lowest BCUT2D eigenvalue weighted by Crippen LogP contribution is -2.43. The first-order chi connectivity index (χ1) is 12.6. The average Bonchev–Trinajstić information content (AvgIpc) is 2.84. The van der Waals surface area contributed by atoms with Crippen molar-refractivity contribution in [3.05, 3.63) is 34.6 Å². The van der Waals surface area contributed by atoms with Gasteiger partial charge in [-0.3, -0.25) is 0 Å². The van der Waals surface area contributed by atoms with Crippen molar-refractivity contribution in [2.45, 2.75) is 59.0 Å². The van der Waals surface area contributed by atoms with Gasteiger partial charge in [0.05, 0.1) is 22.4 Å². The van der Waals surface area contributed by atoms with Gasteiger partial charge < -0.3 is 15.1 Å². The third-order valence-electron chi connectivity index (χ3n) is 5.81. The molecule has 3 heterocycles. The van der Waals surface area contributed by atoms with E-state index in [0.29, 0.717) is 23.5 Å². The van der Waals surface area contributed by atoms with Crippen LogP contribution >= 0.6 is 0 Å². The molecule has 1 atom stereocenters. The van der Waals surface area contributed by atoms with Gasteiger partial charge in [0.25, 0.3) is 0 Å². The number of aryl methyl sites for hydroxylation is 1. The van der Waals surface area contributed by atoms with Crippen molar-refractivity contribution in [3.63, 3.8) is 0 Å². The van der Waals surface area contributed by atoms with E-state index in [-0.39, 0.29) is 5.92 Å². The summed E-state index contributed by atoms with van der Waals surface area (Å²) in [5.74, 6) is -0.193. The highest BCUT2D eigenvalue weighted by Gasteiger charge is 2.32. The number of aromatic carboxylic acids is 1. The molecule has 2 N–H and O–H groups in total. The molecular weight excluding hydrogens is 342 g/mol. The number of hydrogen-bond acceptors (Lipinski definition) is 4. The fourth-order valence-electron chi connectivity index (χ4n) is 4.55. The van der Waals surface area contributed by atoms with Crippen LogP contribution in [0.15, 0.2) is 12.1 Å². The Morgan fingerprint density at radius 2 is 1.93 bits per heavy atom. The molecule has 27 heavy (non-hydrogen) atoms. The molecule has 2 aromatic rings. The SMILES string of the molecule is Cc1ccc2c(C(=O)O)c(C)c(C(C)C3CCN(CC(C)(C)O)CC3)n2n1. The zero-order valence-electron chi connectivity index (χ0n) is 17.0. The number of carboxylic acid groups (broad SMARTS) is 1. The minimum absolute atomic E-state index is 0.226. The average molecular weight is 373 g/mol. The van der Waals surface area contributed by atoms with Crippen molar-refractivity contribution < 1.29 is 15.0 Å². The molecule has 0 radical (unpaired) electrons. The topological polar surface area (TPSA) is 78.1 Å². The summed E-state index contributed by atoms with van der Waals surface area (Å²) < 4.78 is 1.85. The molecule has 3 rings (SSSR count). The Labute approximate surface area is 160 Å². The van der Waals surface area contributed by atoms with Crippen LogP contribution in [0.3, 0.4) is 0 Å². The van der Waals surface area contributed by atoms with Crippen LogP contribution in [-0.2, 0) is 0 Å². The molecule has 0 aliphatic carbocycles. The summed E-state index contributed by atoms with van der Waals surface area (Å²) in [6.45, 7) is 12.3. The van der Waals surface area contributed by atoms with Gasteiger partial charge in [-0.25, -0.2) is 9.31 Å². The van der Waals surface area contributed by atoms with Gasteiger partial charge >= 0.3 is 5.97 Å². The maximum Gasteiger partial charge on any atom is 0.338 e. The number of rotatable bonds is 5. The first-order valence-electron chi connectivity index (χ1n) is 9.75. The van der Waals surface area contributed by atoms with Crippen molar-refractivity contribution in [2.75, 3.05) is 19.6 Å². The number of fused-ring (bicyclic) bond motifs is 1. The lowest BCUT2D eigenvalue weighted by Gasteiger charge is -2.37. The highest BCUT2D eigenvalue weighted by molar-refractivity contribution is 5.98. The number of carbonyl (C=O) groups is 1. The Kier molecular flexibility index (Phi) is 5.32. The summed E-state index contributed by atoms with van der Waals surface area (Å²) in [5.41, 5.74) is 3.09. The van der Waals surface area contributed by atoms with Crippen molar-refractivity contribution in [1.29, 1.82) is 0 Å². The smallest absolute Gasteiger partial charge is 0.338 e. The summed E-state index contributed by atoms with van der Waals surface area (Å²) in [6.07, 6.45) is 2.08. The molecule has 0 saturated carbocycles. The van der Waals surface area contributed by atoms with E-state index in [9.17, 15) is 15.0 Å². The molecule has 6 heteroatoms. The van der Waals surface area contributed by atoms with Crippen molar-refractivity contribution in [1.82, 2.24) is 14.5 Å². The monoisotopic (exact) mass is 373 g/mol. The van der Waals surface area contributed by atoms with E-state index in [4.69, 9.17) is 0 Å². The van der Waals surface area contributed by atoms with Gasteiger partial charge in [-0.1, -0.05) is 6.92 Å². The van der Waals surface area contributed by atoms with Crippen LogP contribution in [0.4, 0.5) is 0 Å². The zero-order chi connectivity index (χ0) is 19.9. The van der Waals surface area contributed by atoms with Gasteiger partial charge in [-0.15, -0.1) is 0 Å². The highest BCUT2D eigenvalue weighted by atomic mass is 16.4. The Morgan fingerprint density at radius 1 is 1.30 bits per heavy atom. The first-order valence-corrected chi connectivity index (χ1v) is 9.75. The van der Waals surface area contributed by atoms with Crippen LogP contribution in [0.25, 0.3) is 5.52 Å². The molecule has 0 amide bonds. The van der Waals surface area contributed by atoms with E-state index in [0.717, 1.165) is 42.9 Å². The molecule has 0 spiro atoms. The molecule has 0 bridgehead atoms. The van der Waals surface area contributed by atoms with E-state index in [1.165, 1.54) is 0 Å². The van der Waals surface area contributed by atoms with E-state index < -0.39 is 11.6 Å². The number of aromatic nitrogens is 2. The van der Waals surface area contributed by atoms with Crippen molar-refractivity contribution >= 4 is 11.5 Å². The fourth-order valence-corrected chi connectivity index (χ4v) is 4.55. The summed E-state index contributed by atoms with van der Waals surface area (Å²) in [5, 5.41) is 24.4. The molecule has 0 aromatic carbocycles. The number of hydrogen-bond donors (Lipinski definition) is 2. The van der Waals surface area contributed by atoms with Gasteiger partial charge in [-0.2, -0.15) is 5.10 Å². The standard InChI is InChI=1S/C21H31N3O3/c1-13-6-7-17-18(20(25)26)15(3)19(24(17)22-13)14(2)16-8-10-23(11-9-16)12-21(4,5)27/h6-7,14,16,27H,8-12H2,1-5H3,(H,25,26). The number of carboxylic acids is 1. The minimum atomic E-state index is -0.894. The van der Waals surface area contributed by atoms with Crippen LogP contribution in [0.5, 0.6) is 0 Å². The molecule has 1 saturated heterocycles. The molecule has 148 valence electrons. The molecular formula is C21H31N3O3. The molecule has 1 aliphatic heterocycles. The second-order valence-electron chi connectivity index (χ2n) is 8.68. The zero-order valence-corrected chi connectivity index (χ0v) is 17.0. The molecule has 1 aliphatic rings. The van der Waals surface area contributed by atoms with Crippen LogP contribution in [0.1, 0.15) is 66.8 Å². The summed E-state index contributed by atoms with van der Waals surface area (Å²) in [4.78, 5) is 14.2. The Morgan fingerprint density at radius 3 is 2.48 bits per heavy atom. The molecule has 2 aromatic heterocycles. The number of β-amino-alcohol motifs (C(OH)–C–C–N with tert-alkyl or cyclic N) is 1. The van der Waals surface area contributed by atoms with Crippen LogP contribution in [0.2, 0.25) is 0 Å². The van der Waals surface area contributed by atoms with E-state index >= 15 is 0 Å². The first kappa shape index (κ1) is 19.8. The largest absolute Gasteiger partial charge is 0.478 e. The summed E-state index contributed by atoms with van der Waals surface area (Å²) in [7, 11) is 0. The predicted octanol–water partition coefficient (Wildman–Crippen LogP) is 3.24. The number of likely N-dealkylation sites (tertiary alicyclic amines) is 1. The van der Waals surface area contributed by atoms with Crippen molar-refractivity contribution in [2.24, 2.45) is 5.92 Å². The van der Waals surface area contributed by atoms with E-state index in [1.807, 2.05) is 44.3 Å². The third kappa shape index (κ3) is 4.01. The van der Waals surface area contributed by atoms with E-state index in [1.54, 1.807) is 0 Å². The quantitative estimate of drug-likeness (QED) is 0.841. The van der Waals surface area contributed by atoms with Crippen molar-refractivity contribution in [3.8, 4) is 0 Å². The van der Waals surface area contributed by atoms with Gasteiger partial charge in [0.2, 0.25) is 0 Å². The maximum absolute atomic E-state index is 11.8. The Bertz CT molecular complexity index is 842. The van der Waals surface area contributed by atoms with Crippen LogP contribution in [-0.4, -0.2) is 55.9 Å². The number of piperidine rings is 1. The third-order valence-corrected chi connectivity index (χ3v) is 5.81. The number of aliphatic hydroxyl groups is 1. The van der Waals surface area contributed by atoms with Gasteiger partial charge in [0, 0.05) is 18.2 Å². The minimum Gasteiger partial charge on any atom is -0.478 e. The highest BCUT2D eigenvalue weighted by Crippen LogP contribution is 2.37. The summed E-state index contributed by atoms with van der Waals surface area (Å²) in [6, 6.07) is 3.73. The second-order valence-corrected chi connectivity index (χ2v) is 8.68. The van der Waals surface area contributed by atoms with Crippen LogP contribution < -0.4 is 0 Å². The maximum atomic E-state index is 11.8. The second kappa shape index (κ2) is 7.24. The fraction of sp³-hybridized carbons (Fsp3) is 0.619. The predicted molar refractivity (Wildman–Crippen MR) is 106 cm³/mol. The Hall–Kier alpha value is -1.92. The van der Waals surface area contributed by atoms with Gasteiger partial charge in [-0.05, 0) is 77.2 Å². The number of nitrogens with zero attached hydrogens (tertiary/aromatic N) is 3. The lowest BCUT2D eigenvalue weighted by atomic mass is 9.82. The van der Waals surface area contributed by atoms with E-state index in [2.05, 4.69) is 16.9 Å². The molecule has 6 nitrogen and oxygen atoms in total. The molecule has 1 fully saturated rings. The normalized spacial score (nSPS) is 18.1. The lowest BCUT2D eigenvalue weighted by molar-refractivity contribution is 0.0229. The Balaban J connectivity index is 1.88.